The van der Waals surface area contributed by atoms with Crippen molar-refractivity contribution in [2.75, 3.05) is 11.1 Å². The van der Waals surface area contributed by atoms with E-state index in [9.17, 15) is 10.1 Å². The molecule has 180 valence electrons. The highest BCUT2D eigenvalue weighted by Crippen LogP contribution is 2.52. The zero-order chi connectivity index (χ0) is 25.6. The lowest BCUT2D eigenvalue weighted by Gasteiger charge is -2.16. The van der Waals surface area contributed by atoms with Gasteiger partial charge in [0.25, 0.3) is 5.91 Å². The minimum Gasteiger partial charge on any atom is -0.397 e. The zero-order valence-corrected chi connectivity index (χ0v) is 20.1. The number of hydrogen-bond acceptors (Lipinski definition) is 6. The number of carbonyl (C=O) groups is 1. The van der Waals surface area contributed by atoms with Gasteiger partial charge in [0, 0.05) is 18.0 Å². The highest BCUT2D eigenvalue weighted by molar-refractivity contribution is 6.05. The molecular weight excluding hydrogens is 462 g/mol. The van der Waals surface area contributed by atoms with Crippen LogP contribution >= 0.6 is 0 Å². The molecule has 0 spiro atoms. The molecule has 5 aromatic rings. The fourth-order valence-corrected chi connectivity index (χ4v) is 4.77. The number of nitrogen functional groups attached to an aromatic ring is 1. The number of amides is 1. The molecule has 1 fully saturated rings. The number of para-hydroxylation sites is 2. The molecular formula is C29H23N7O. The third-order valence-corrected chi connectivity index (χ3v) is 6.91. The standard InChI is InChI=1S/C29H23N7O/c1-18-26(36-15-11-19(17-30)16-25(36)33-18)24-10-14-32-28(35-24)29(12-13-29)21-8-6-20(7-9-21)27(37)34-23-5-3-2-4-22(23)31/h2-11,14-16H,12-13,31H2,1H3,(H,34,37). The normalized spacial score (nSPS) is 13.7. The minimum atomic E-state index is -0.281. The van der Waals surface area contributed by atoms with Crippen molar-refractivity contribution >= 4 is 22.9 Å². The van der Waals surface area contributed by atoms with Gasteiger partial charge in [0.1, 0.15) is 11.5 Å². The van der Waals surface area contributed by atoms with Crippen molar-refractivity contribution in [2.24, 2.45) is 0 Å². The van der Waals surface area contributed by atoms with E-state index in [-0.39, 0.29) is 11.3 Å². The van der Waals surface area contributed by atoms with E-state index in [0.717, 1.165) is 41.3 Å². The maximum Gasteiger partial charge on any atom is 0.255 e. The van der Waals surface area contributed by atoms with Crippen LogP contribution in [0.2, 0.25) is 0 Å². The highest BCUT2D eigenvalue weighted by atomic mass is 16.1. The number of fused-ring (bicyclic) bond motifs is 1. The van der Waals surface area contributed by atoms with Gasteiger partial charge in [0.2, 0.25) is 0 Å². The summed E-state index contributed by atoms with van der Waals surface area (Å²) in [6.45, 7) is 1.94. The number of pyridine rings is 1. The van der Waals surface area contributed by atoms with E-state index in [1.54, 1.807) is 30.5 Å². The predicted octanol–water partition coefficient (Wildman–Crippen LogP) is 4.89. The lowest BCUT2D eigenvalue weighted by molar-refractivity contribution is 0.102. The topological polar surface area (TPSA) is 122 Å². The van der Waals surface area contributed by atoms with Gasteiger partial charge in [-0.05, 0) is 67.8 Å². The second-order valence-corrected chi connectivity index (χ2v) is 9.27. The first kappa shape index (κ1) is 22.4. The second kappa shape index (κ2) is 8.57. The maximum absolute atomic E-state index is 12.8. The molecule has 1 saturated carbocycles. The van der Waals surface area contributed by atoms with Crippen LogP contribution in [0.4, 0.5) is 11.4 Å². The van der Waals surface area contributed by atoms with Gasteiger partial charge in [-0.25, -0.2) is 15.0 Å². The van der Waals surface area contributed by atoms with Gasteiger partial charge in [-0.3, -0.25) is 9.20 Å². The first-order chi connectivity index (χ1) is 18.0. The molecule has 0 radical (unpaired) electrons. The fourth-order valence-electron chi connectivity index (χ4n) is 4.77. The van der Waals surface area contributed by atoms with Crippen LogP contribution in [-0.4, -0.2) is 25.3 Å². The number of imidazole rings is 1. The van der Waals surface area contributed by atoms with Gasteiger partial charge in [-0.15, -0.1) is 0 Å². The number of nitrogens with one attached hydrogen (secondary N) is 1. The molecule has 8 nitrogen and oxygen atoms in total. The number of nitrogens with zero attached hydrogens (tertiary/aromatic N) is 5. The summed E-state index contributed by atoms with van der Waals surface area (Å²) in [6.07, 6.45) is 5.50. The molecule has 0 bridgehead atoms. The number of anilines is 2. The van der Waals surface area contributed by atoms with Crippen molar-refractivity contribution in [2.45, 2.75) is 25.2 Å². The van der Waals surface area contributed by atoms with Gasteiger partial charge in [0.05, 0.1) is 45.5 Å². The third kappa shape index (κ3) is 3.87. The molecule has 3 N–H and O–H groups in total. The number of nitriles is 1. The summed E-state index contributed by atoms with van der Waals surface area (Å²) in [4.78, 5) is 27.0. The molecule has 1 aliphatic carbocycles. The minimum absolute atomic E-state index is 0.213. The van der Waals surface area contributed by atoms with Crippen LogP contribution < -0.4 is 11.1 Å². The van der Waals surface area contributed by atoms with Crippen molar-refractivity contribution in [3.8, 4) is 17.5 Å². The monoisotopic (exact) mass is 485 g/mol. The molecule has 0 saturated heterocycles. The molecule has 1 amide bonds. The molecule has 0 unspecified atom stereocenters. The van der Waals surface area contributed by atoms with Crippen molar-refractivity contribution in [1.29, 1.82) is 5.26 Å². The maximum atomic E-state index is 12.8. The van der Waals surface area contributed by atoms with Crippen molar-refractivity contribution in [1.82, 2.24) is 19.4 Å². The van der Waals surface area contributed by atoms with E-state index in [2.05, 4.69) is 21.4 Å². The van der Waals surface area contributed by atoms with E-state index < -0.39 is 0 Å². The molecule has 37 heavy (non-hydrogen) atoms. The number of hydrogen-bond donors (Lipinski definition) is 2. The van der Waals surface area contributed by atoms with Gasteiger partial charge < -0.3 is 11.1 Å². The van der Waals surface area contributed by atoms with Crippen molar-refractivity contribution in [3.05, 3.63) is 107 Å². The molecule has 0 atom stereocenters. The van der Waals surface area contributed by atoms with E-state index in [4.69, 9.17) is 10.7 Å². The van der Waals surface area contributed by atoms with Gasteiger partial charge >= 0.3 is 0 Å². The van der Waals surface area contributed by atoms with Crippen LogP contribution in [0.15, 0.2) is 79.1 Å². The Bertz CT molecular complexity index is 1710. The van der Waals surface area contributed by atoms with Gasteiger partial charge in [-0.2, -0.15) is 5.26 Å². The van der Waals surface area contributed by atoms with Crippen LogP contribution in [0.3, 0.4) is 0 Å². The third-order valence-electron chi connectivity index (χ3n) is 6.91. The summed E-state index contributed by atoms with van der Waals surface area (Å²) in [5, 5.41) is 12.1. The molecule has 0 aliphatic heterocycles. The Morgan fingerprint density at radius 1 is 1.08 bits per heavy atom. The van der Waals surface area contributed by atoms with Crippen molar-refractivity contribution < 1.29 is 4.79 Å². The average molecular weight is 486 g/mol. The predicted molar refractivity (Wildman–Crippen MR) is 141 cm³/mol. The van der Waals surface area contributed by atoms with Crippen LogP contribution in [0.1, 0.15) is 45.8 Å². The molecule has 6 rings (SSSR count). The molecule has 2 aromatic carbocycles. The number of aryl methyl sites for hydroxylation is 1. The second-order valence-electron chi connectivity index (χ2n) is 9.27. The Morgan fingerprint density at radius 2 is 1.86 bits per heavy atom. The van der Waals surface area contributed by atoms with Crippen LogP contribution in [0.25, 0.3) is 17.0 Å². The number of aromatic nitrogens is 4. The molecule has 3 heterocycles. The van der Waals surface area contributed by atoms with E-state index in [1.807, 2.05) is 60.0 Å². The Morgan fingerprint density at radius 3 is 2.59 bits per heavy atom. The first-order valence-electron chi connectivity index (χ1n) is 12.0. The van der Waals surface area contributed by atoms with Crippen LogP contribution in [-0.2, 0) is 5.41 Å². The summed E-state index contributed by atoms with van der Waals surface area (Å²) >= 11 is 0. The highest BCUT2D eigenvalue weighted by Gasteiger charge is 2.48. The van der Waals surface area contributed by atoms with E-state index >= 15 is 0 Å². The molecule has 3 aromatic heterocycles. The summed E-state index contributed by atoms with van der Waals surface area (Å²) in [5.41, 5.74) is 12.2. The number of benzene rings is 2. The van der Waals surface area contributed by atoms with Gasteiger partial charge in [0.15, 0.2) is 0 Å². The van der Waals surface area contributed by atoms with Crippen molar-refractivity contribution in [3.63, 3.8) is 0 Å². The number of carbonyl (C=O) groups excluding carboxylic acids is 1. The average Bonchev–Trinajstić information content (AvgIpc) is 3.67. The van der Waals surface area contributed by atoms with E-state index in [1.165, 1.54) is 0 Å². The first-order valence-corrected chi connectivity index (χ1v) is 12.0. The van der Waals surface area contributed by atoms with E-state index in [0.29, 0.717) is 28.1 Å². The summed E-state index contributed by atoms with van der Waals surface area (Å²) < 4.78 is 1.95. The smallest absolute Gasteiger partial charge is 0.255 e. The number of rotatable bonds is 5. The number of nitrogens with two attached hydrogens (primary N) is 1. The summed E-state index contributed by atoms with van der Waals surface area (Å²) in [6, 6.07) is 22.4. The lowest BCUT2D eigenvalue weighted by Crippen LogP contribution is -2.16. The quantitative estimate of drug-likeness (QED) is 0.342. The molecule has 8 heteroatoms. The lowest BCUT2D eigenvalue weighted by atomic mass is 9.93. The fraction of sp³-hybridized carbons (Fsp3) is 0.138. The SMILES string of the molecule is Cc1nc2cc(C#N)ccn2c1-c1ccnc(C2(c3ccc(C(=O)Nc4ccccc4N)cc3)CC2)n1. The van der Waals surface area contributed by atoms with Crippen LogP contribution in [0, 0.1) is 18.3 Å². The Labute approximate surface area is 213 Å². The van der Waals surface area contributed by atoms with Crippen LogP contribution in [0.5, 0.6) is 0 Å². The molecule has 1 aliphatic rings. The Hall–Kier alpha value is -5.03. The Balaban J connectivity index is 1.30. The van der Waals surface area contributed by atoms with Gasteiger partial charge in [-0.1, -0.05) is 24.3 Å². The zero-order valence-electron chi connectivity index (χ0n) is 20.1. The Kier molecular flexibility index (Phi) is 5.20. The summed E-state index contributed by atoms with van der Waals surface area (Å²) in [5.74, 6) is 0.539. The summed E-state index contributed by atoms with van der Waals surface area (Å²) in [7, 11) is 0. The largest absolute Gasteiger partial charge is 0.397 e.